The van der Waals surface area contributed by atoms with E-state index in [2.05, 4.69) is 85.3 Å². The Kier molecular flexibility index (Phi) is 7.61. The summed E-state index contributed by atoms with van der Waals surface area (Å²) in [6.07, 6.45) is 5.03. The molecule has 3 heterocycles. The van der Waals surface area contributed by atoms with Gasteiger partial charge >= 0.3 is 7.12 Å². The SMILES string of the molecule is Cc1cc(B2OC(C)(C)C(C)(C)O2)c2c(CCCO[Si](C)(C)C(C)(C)C)nn(C3CCCCO3)c2c1. The quantitative estimate of drug-likeness (QED) is 0.321. The average molecular weight is 515 g/mol. The maximum Gasteiger partial charge on any atom is 0.495 e. The van der Waals surface area contributed by atoms with Gasteiger partial charge in [-0.25, -0.2) is 4.68 Å². The Balaban J connectivity index is 1.69. The molecule has 6 nitrogen and oxygen atoms in total. The predicted octanol–water partition coefficient (Wildman–Crippen LogP) is 6.30. The summed E-state index contributed by atoms with van der Waals surface area (Å²) in [5.74, 6) is 0. The van der Waals surface area contributed by atoms with Crippen molar-refractivity contribution in [2.24, 2.45) is 0 Å². The van der Waals surface area contributed by atoms with Crippen LogP contribution in [-0.2, 0) is 24.9 Å². The van der Waals surface area contributed by atoms with Crippen LogP contribution in [0.2, 0.25) is 18.1 Å². The van der Waals surface area contributed by atoms with Crippen LogP contribution in [-0.4, -0.2) is 49.6 Å². The maximum absolute atomic E-state index is 6.52. The Morgan fingerprint density at radius 1 is 1.11 bits per heavy atom. The highest BCUT2D eigenvalue weighted by Gasteiger charge is 2.52. The molecule has 0 radical (unpaired) electrons. The van der Waals surface area contributed by atoms with Crippen LogP contribution in [0.25, 0.3) is 10.9 Å². The number of fused-ring (bicyclic) bond motifs is 1. The van der Waals surface area contributed by atoms with E-state index in [1.807, 2.05) is 0 Å². The van der Waals surface area contributed by atoms with E-state index >= 15 is 0 Å². The van der Waals surface area contributed by atoms with Crippen LogP contribution in [0.3, 0.4) is 0 Å². The molecule has 0 amide bonds. The monoisotopic (exact) mass is 514 g/mol. The second-order valence-electron chi connectivity index (χ2n) is 13.3. The Morgan fingerprint density at radius 2 is 1.78 bits per heavy atom. The molecule has 0 spiro atoms. The summed E-state index contributed by atoms with van der Waals surface area (Å²) < 4.78 is 27.8. The molecular formula is C28H47BN2O4Si. The van der Waals surface area contributed by atoms with Crippen LogP contribution in [0.15, 0.2) is 12.1 Å². The van der Waals surface area contributed by atoms with Gasteiger partial charge in [0.25, 0.3) is 0 Å². The van der Waals surface area contributed by atoms with Gasteiger partial charge in [0.1, 0.15) is 0 Å². The number of hydrogen-bond acceptors (Lipinski definition) is 5. The maximum atomic E-state index is 6.52. The second kappa shape index (κ2) is 9.84. The number of aryl methyl sites for hydroxylation is 2. The largest absolute Gasteiger partial charge is 0.495 e. The first kappa shape index (κ1) is 27.8. The van der Waals surface area contributed by atoms with E-state index in [0.717, 1.165) is 67.4 Å². The molecule has 36 heavy (non-hydrogen) atoms. The highest BCUT2D eigenvalue weighted by molar-refractivity contribution is 6.74. The molecule has 4 rings (SSSR count). The Bertz CT molecular complexity index is 1070. The summed E-state index contributed by atoms with van der Waals surface area (Å²) in [6.45, 7) is 23.6. The van der Waals surface area contributed by atoms with Crippen molar-refractivity contribution < 1.29 is 18.5 Å². The van der Waals surface area contributed by atoms with E-state index in [4.69, 9.17) is 23.6 Å². The van der Waals surface area contributed by atoms with Gasteiger partial charge in [0.05, 0.1) is 22.4 Å². The molecule has 8 heteroatoms. The molecule has 1 aromatic heterocycles. The molecule has 0 saturated carbocycles. The normalized spacial score (nSPS) is 22.5. The minimum atomic E-state index is -1.78. The van der Waals surface area contributed by atoms with Crippen LogP contribution in [0.4, 0.5) is 0 Å². The van der Waals surface area contributed by atoms with Crippen LogP contribution < -0.4 is 5.46 Å². The number of hydrogen-bond donors (Lipinski definition) is 0. The van der Waals surface area contributed by atoms with Crippen LogP contribution in [0.5, 0.6) is 0 Å². The summed E-state index contributed by atoms with van der Waals surface area (Å²) >= 11 is 0. The molecule has 2 aliphatic heterocycles. The first-order valence-electron chi connectivity index (χ1n) is 13.8. The van der Waals surface area contributed by atoms with E-state index in [1.165, 1.54) is 5.56 Å². The van der Waals surface area contributed by atoms with Gasteiger partial charge < -0.3 is 18.5 Å². The van der Waals surface area contributed by atoms with Crippen molar-refractivity contribution >= 4 is 31.8 Å². The van der Waals surface area contributed by atoms with E-state index < -0.39 is 26.6 Å². The predicted molar refractivity (Wildman–Crippen MR) is 150 cm³/mol. The zero-order valence-corrected chi connectivity index (χ0v) is 25.3. The van der Waals surface area contributed by atoms with Gasteiger partial charge in [-0.05, 0) is 102 Å². The summed E-state index contributed by atoms with van der Waals surface area (Å²) in [5, 5.41) is 6.54. The lowest BCUT2D eigenvalue weighted by Gasteiger charge is -2.36. The van der Waals surface area contributed by atoms with Crippen molar-refractivity contribution in [3.8, 4) is 0 Å². The number of benzene rings is 1. The summed E-state index contributed by atoms with van der Waals surface area (Å²) in [4.78, 5) is 0. The van der Waals surface area contributed by atoms with Crippen molar-refractivity contribution in [3.63, 3.8) is 0 Å². The van der Waals surface area contributed by atoms with Crippen LogP contribution in [0.1, 0.15) is 91.6 Å². The highest BCUT2D eigenvalue weighted by Crippen LogP contribution is 2.39. The molecule has 1 unspecified atom stereocenters. The molecule has 2 saturated heterocycles. The fourth-order valence-electron chi connectivity index (χ4n) is 4.77. The van der Waals surface area contributed by atoms with Gasteiger partial charge in [0.2, 0.25) is 0 Å². The first-order valence-corrected chi connectivity index (χ1v) is 16.7. The number of nitrogens with zero attached hydrogens (tertiary/aromatic N) is 2. The van der Waals surface area contributed by atoms with E-state index in [-0.39, 0.29) is 11.3 Å². The highest BCUT2D eigenvalue weighted by atomic mass is 28.4. The molecule has 2 aromatic rings. The number of rotatable bonds is 7. The van der Waals surface area contributed by atoms with E-state index in [1.54, 1.807) is 0 Å². The Labute approximate surface area is 219 Å². The molecular weight excluding hydrogens is 467 g/mol. The number of aromatic nitrogens is 2. The zero-order chi connectivity index (χ0) is 26.5. The summed E-state index contributed by atoms with van der Waals surface area (Å²) in [6, 6.07) is 4.46. The minimum Gasteiger partial charge on any atom is -0.417 e. The Hall–Kier alpha value is -1.19. The minimum absolute atomic E-state index is 0.0218. The molecule has 2 fully saturated rings. The first-order chi connectivity index (χ1) is 16.6. The van der Waals surface area contributed by atoms with Crippen molar-refractivity contribution in [2.45, 2.75) is 123 Å². The molecule has 0 N–H and O–H groups in total. The van der Waals surface area contributed by atoms with Gasteiger partial charge in [-0.1, -0.05) is 26.8 Å². The van der Waals surface area contributed by atoms with Gasteiger partial charge in [-0.15, -0.1) is 0 Å². The van der Waals surface area contributed by atoms with Crippen molar-refractivity contribution in [1.82, 2.24) is 9.78 Å². The summed E-state index contributed by atoms with van der Waals surface area (Å²) in [7, 11) is -2.20. The molecule has 0 bridgehead atoms. The van der Waals surface area contributed by atoms with E-state index in [9.17, 15) is 0 Å². The third kappa shape index (κ3) is 5.35. The van der Waals surface area contributed by atoms with Crippen LogP contribution in [0, 0.1) is 6.92 Å². The number of ether oxygens (including phenoxy) is 1. The third-order valence-electron chi connectivity index (χ3n) is 8.82. The molecule has 2 aliphatic rings. The Morgan fingerprint density at radius 3 is 2.36 bits per heavy atom. The van der Waals surface area contributed by atoms with Crippen molar-refractivity contribution in [2.75, 3.05) is 13.2 Å². The molecule has 0 aliphatic carbocycles. The van der Waals surface area contributed by atoms with Crippen molar-refractivity contribution in [3.05, 3.63) is 23.4 Å². The fraction of sp³-hybridized carbons (Fsp3) is 0.750. The average Bonchev–Trinajstić information content (AvgIpc) is 3.23. The lowest BCUT2D eigenvalue weighted by molar-refractivity contribution is -0.0369. The van der Waals surface area contributed by atoms with Crippen LogP contribution >= 0.6 is 0 Å². The molecule has 1 aromatic carbocycles. The molecule has 1 atom stereocenters. The van der Waals surface area contributed by atoms with Gasteiger partial charge in [-0.3, -0.25) is 0 Å². The topological polar surface area (TPSA) is 54.7 Å². The van der Waals surface area contributed by atoms with Gasteiger partial charge in [-0.2, -0.15) is 5.10 Å². The van der Waals surface area contributed by atoms with Crippen molar-refractivity contribution in [1.29, 1.82) is 0 Å². The lowest BCUT2D eigenvalue weighted by atomic mass is 9.75. The van der Waals surface area contributed by atoms with E-state index in [0.29, 0.717) is 0 Å². The summed E-state index contributed by atoms with van der Waals surface area (Å²) in [5.41, 5.74) is 3.67. The fourth-order valence-corrected chi connectivity index (χ4v) is 5.86. The van der Waals surface area contributed by atoms with Gasteiger partial charge in [0, 0.05) is 18.6 Å². The third-order valence-corrected chi connectivity index (χ3v) is 13.4. The lowest BCUT2D eigenvalue weighted by Crippen LogP contribution is -2.41. The smallest absolute Gasteiger partial charge is 0.417 e. The molecule has 200 valence electrons. The van der Waals surface area contributed by atoms with Gasteiger partial charge in [0.15, 0.2) is 14.5 Å². The second-order valence-corrected chi connectivity index (χ2v) is 18.1. The standard InChI is InChI=1S/C28H47BN2O4Si/c1-20-18-21(29-34-27(5,6)28(7,8)35-29)25-22(14-13-17-33-36(9,10)26(2,3)4)30-31(23(25)19-20)24-15-11-12-16-32-24/h18-19,24H,11-17H2,1-10H3. The zero-order valence-electron chi connectivity index (χ0n) is 24.3.